The summed E-state index contributed by atoms with van der Waals surface area (Å²) in [5, 5.41) is 3.24. The highest BCUT2D eigenvalue weighted by Gasteiger charge is 2.24. The van der Waals surface area contributed by atoms with Gasteiger partial charge in [0.05, 0.1) is 30.5 Å². The number of benzene rings is 2. The molecule has 10 heteroatoms. The number of para-hydroxylation sites is 1. The van der Waals surface area contributed by atoms with Crippen LogP contribution in [-0.4, -0.2) is 39.1 Å². The molecule has 0 unspecified atom stereocenters. The van der Waals surface area contributed by atoms with Gasteiger partial charge in [-0.3, -0.25) is 4.79 Å². The summed E-state index contributed by atoms with van der Waals surface area (Å²) >= 11 is 0. The summed E-state index contributed by atoms with van der Waals surface area (Å²) in [7, 11) is 1.48. The first-order valence-electron chi connectivity index (χ1n) is 10.4. The predicted molar refractivity (Wildman–Crippen MR) is 119 cm³/mol. The number of aryl methyl sites for hydroxylation is 1. The minimum absolute atomic E-state index is 0.214. The van der Waals surface area contributed by atoms with E-state index in [2.05, 4.69) is 15.3 Å². The van der Waals surface area contributed by atoms with Gasteiger partial charge in [0.25, 0.3) is 5.91 Å². The molecule has 5 rings (SSSR count). The van der Waals surface area contributed by atoms with Gasteiger partial charge >= 0.3 is 6.01 Å². The Balaban J connectivity index is 1.63. The van der Waals surface area contributed by atoms with E-state index >= 15 is 0 Å². The lowest BCUT2D eigenvalue weighted by Gasteiger charge is -2.21. The van der Waals surface area contributed by atoms with E-state index in [4.69, 9.17) is 20.2 Å². The van der Waals surface area contributed by atoms with Gasteiger partial charge in [-0.25, -0.2) is 13.9 Å². The quantitative estimate of drug-likeness (QED) is 0.466. The number of hydrogen-bond acceptors (Lipinski definition) is 7. The monoisotopic (exact) mass is 448 g/mol. The van der Waals surface area contributed by atoms with Crippen LogP contribution in [0.4, 0.5) is 10.2 Å². The number of halogens is 1. The number of carbonyl (C=O) groups excluding carboxylic acids is 1. The zero-order valence-corrected chi connectivity index (χ0v) is 17.8. The molecule has 1 amide bonds. The van der Waals surface area contributed by atoms with Crippen LogP contribution in [0.3, 0.4) is 0 Å². The summed E-state index contributed by atoms with van der Waals surface area (Å²) in [6.45, 7) is 0.904. The molecule has 0 radical (unpaired) electrons. The fourth-order valence-electron chi connectivity index (χ4n) is 3.88. The van der Waals surface area contributed by atoms with Crippen molar-refractivity contribution in [2.75, 3.05) is 19.0 Å². The van der Waals surface area contributed by atoms with Gasteiger partial charge < -0.3 is 20.5 Å². The minimum atomic E-state index is -0.592. The van der Waals surface area contributed by atoms with Crippen LogP contribution in [0.2, 0.25) is 0 Å². The first kappa shape index (κ1) is 20.7. The molecule has 168 valence electrons. The van der Waals surface area contributed by atoms with Gasteiger partial charge in [-0.1, -0.05) is 18.2 Å². The van der Waals surface area contributed by atoms with Gasteiger partial charge in [0.1, 0.15) is 11.3 Å². The van der Waals surface area contributed by atoms with Crippen LogP contribution in [0.5, 0.6) is 11.8 Å². The number of amides is 1. The van der Waals surface area contributed by atoms with E-state index in [0.717, 1.165) is 17.7 Å². The standard InChI is InChI=1S/C23H21FN6O3/c1-32-23-28-18-15(20(25)31)7-3-9-17(18)30(23)22-27-16-8-4-10-33-19(16)21(29-22)26-12-13-5-2-6-14(24)11-13/h2-3,5-7,9,11H,4,8,10,12H2,1H3,(H2,25,31)(H,26,27,29). The van der Waals surface area contributed by atoms with Gasteiger partial charge in [-0.05, 0) is 42.7 Å². The molecule has 33 heavy (non-hydrogen) atoms. The van der Waals surface area contributed by atoms with Gasteiger partial charge in [0.15, 0.2) is 11.6 Å². The number of methoxy groups -OCH3 is 1. The molecule has 3 heterocycles. The van der Waals surface area contributed by atoms with Crippen molar-refractivity contribution < 1.29 is 18.7 Å². The molecule has 0 aliphatic carbocycles. The summed E-state index contributed by atoms with van der Waals surface area (Å²) in [6, 6.07) is 11.7. The number of fused-ring (bicyclic) bond motifs is 2. The zero-order chi connectivity index (χ0) is 22.9. The van der Waals surface area contributed by atoms with E-state index < -0.39 is 5.91 Å². The largest absolute Gasteiger partial charge is 0.488 e. The number of imidazole rings is 1. The smallest absolute Gasteiger partial charge is 0.304 e. The van der Waals surface area contributed by atoms with Crippen molar-refractivity contribution >= 4 is 22.8 Å². The third-order valence-electron chi connectivity index (χ3n) is 5.38. The zero-order valence-electron chi connectivity index (χ0n) is 17.8. The van der Waals surface area contributed by atoms with Crippen LogP contribution in [0.25, 0.3) is 17.0 Å². The summed E-state index contributed by atoms with van der Waals surface area (Å²) < 4.78 is 26.6. The molecule has 0 bridgehead atoms. The van der Waals surface area contributed by atoms with Gasteiger partial charge in [0.2, 0.25) is 5.95 Å². The molecule has 4 aromatic rings. The number of aromatic nitrogens is 4. The van der Waals surface area contributed by atoms with Crippen molar-refractivity contribution in [3.05, 3.63) is 65.1 Å². The molecule has 0 fully saturated rings. The number of ether oxygens (including phenoxy) is 2. The maximum absolute atomic E-state index is 13.6. The summed E-state index contributed by atoms with van der Waals surface area (Å²) in [6.07, 6.45) is 1.53. The lowest BCUT2D eigenvalue weighted by atomic mass is 10.1. The predicted octanol–water partition coefficient (Wildman–Crippen LogP) is 3.00. The molecule has 1 aliphatic rings. The molecule has 0 saturated heterocycles. The van der Waals surface area contributed by atoms with Crippen molar-refractivity contribution in [3.8, 4) is 17.7 Å². The fourth-order valence-corrected chi connectivity index (χ4v) is 3.88. The molecule has 9 nitrogen and oxygen atoms in total. The Labute approximate surface area is 188 Å². The van der Waals surface area contributed by atoms with E-state index in [0.29, 0.717) is 48.1 Å². The molecule has 1 aliphatic heterocycles. The second-order valence-electron chi connectivity index (χ2n) is 7.55. The molecule has 2 aromatic heterocycles. The van der Waals surface area contributed by atoms with Crippen LogP contribution in [-0.2, 0) is 13.0 Å². The van der Waals surface area contributed by atoms with E-state index in [-0.39, 0.29) is 17.4 Å². The van der Waals surface area contributed by atoms with Crippen molar-refractivity contribution in [1.82, 2.24) is 19.5 Å². The normalized spacial score (nSPS) is 12.8. The number of carbonyl (C=O) groups is 1. The Morgan fingerprint density at radius 2 is 2.09 bits per heavy atom. The molecule has 0 saturated carbocycles. The van der Waals surface area contributed by atoms with E-state index in [1.54, 1.807) is 28.8 Å². The third kappa shape index (κ3) is 3.79. The lowest BCUT2D eigenvalue weighted by molar-refractivity contribution is 0.100. The van der Waals surface area contributed by atoms with Crippen molar-refractivity contribution in [2.24, 2.45) is 5.73 Å². The number of nitrogens with two attached hydrogens (primary N) is 1. The topological polar surface area (TPSA) is 117 Å². The van der Waals surface area contributed by atoms with Crippen LogP contribution < -0.4 is 20.5 Å². The Kier molecular flexibility index (Phi) is 5.25. The molecule has 3 N–H and O–H groups in total. The number of rotatable bonds is 6. The van der Waals surface area contributed by atoms with Crippen LogP contribution in [0.1, 0.15) is 28.0 Å². The van der Waals surface area contributed by atoms with Crippen LogP contribution in [0, 0.1) is 5.82 Å². The molecule has 0 spiro atoms. The Hall–Kier alpha value is -4.21. The maximum Gasteiger partial charge on any atom is 0.304 e. The summed E-state index contributed by atoms with van der Waals surface area (Å²) in [4.78, 5) is 25.7. The fraction of sp³-hybridized carbons (Fsp3) is 0.217. The second kappa shape index (κ2) is 8.38. The van der Waals surface area contributed by atoms with Crippen LogP contribution >= 0.6 is 0 Å². The van der Waals surface area contributed by atoms with Crippen LogP contribution in [0.15, 0.2) is 42.5 Å². The highest BCUT2D eigenvalue weighted by Crippen LogP contribution is 2.34. The van der Waals surface area contributed by atoms with Gasteiger partial charge in [-0.2, -0.15) is 9.97 Å². The molecule has 0 atom stereocenters. The van der Waals surface area contributed by atoms with E-state index in [1.165, 1.54) is 19.2 Å². The number of nitrogens with one attached hydrogen (secondary N) is 1. The average Bonchev–Trinajstić information content (AvgIpc) is 3.21. The Morgan fingerprint density at radius 1 is 1.24 bits per heavy atom. The van der Waals surface area contributed by atoms with Gasteiger partial charge in [0, 0.05) is 6.54 Å². The SMILES string of the molecule is COc1nc2c(C(N)=O)cccc2n1-c1nc2c(c(NCc3cccc(F)c3)n1)OCCC2. The highest BCUT2D eigenvalue weighted by atomic mass is 19.1. The number of nitrogens with zero attached hydrogens (tertiary/aromatic N) is 4. The summed E-state index contributed by atoms with van der Waals surface area (Å²) in [5.41, 5.74) is 8.28. The number of anilines is 1. The first-order chi connectivity index (χ1) is 16.0. The molecular formula is C23H21FN6O3. The first-order valence-corrected chi connectivity index (χ1v) is 10.4. The molecular weight excluding hydrogens is 427 g/mol. The third-order valence-corrected chi connectivity index (χ3v) is 5.38. The lowest BCUT2D eigenvalue weighted by Crippen LogP contribution is -2.17. The summed E-state index contributed by atoms with van der Waals surface area (Å²) in [5.74, 6) is 0.458. The number of primary amides is 1. The molecule has 2 aromatic carbocycles. The second-order valence-corrected chi connectivity index (χ2v) is 7.55. The Bertz CT molecular complexity index is 1370. The van der Waals surface area contributed by atoms with Gasteiger partial charge in [-0.15, -0.1) is 0 Å². The maximum atomic E-state index is 13.6. The minimum Gasteiger partial charge on any atom is -0.488 e. The Morgan fingerprint density at radius 3 is 2.88 bits per heavy atom. The van der Waals surface area contributed by atoms with Crippen molar-refractivity contribution in [1.29, 1.82) is 0 Å². The number of hydrogen-bond donors (Lipinski definition) is 2. The van der Waals surface area contributed by atoms with E-state index in [9.17, 15) is 9.18 Å². The van der Waals surface area contributed by atoms with E-state index in [1.807, 2.05) is 6.07 Å². The van der Waals surface area contributed by atoms with Crippen molar-refractivity contribution in [3.63, 3.8) is 0 Å². The highest BCUT2D eigenvalue weighted by molar-refractivity contribution is 6.04. The van der Waals surface area contributed by atoms with Crippen molar-refractivity contribution in [2.45, 2.75) is 19.4 Å². The average molecular weight is 448 g/mol.